The summed E-state index contributed by atoms with van der Waals surface area (Å²) in [5.41, 5.74) is 4.94. The third kappa shape index (κ3) is 2.90. The number of aromatic nitrogens is 3. The minimum atomic E-state index is 0.276. The van der Waals surface area contributed by atoms with E-state index in [1.165, 1.54) is 16.8 Å². The Morgan fingerprint density at radius 1 is 1.15 bits per heavy atom. The van der Waals surface area contributed by atoms with E-state index in [0.717, 1.165) is 12.2 Å². The van der Waals surface area contributed by atoms with Crippen LogP contribution in [0.2, 0.25) is 0 Å². The molecule has 0 bridgehead atoms. The minimum Gasteiger partial charge on any atom is -0.304 e. The summed E-state index contributed by atoms with van der Waals surface area (Å²) in [6.45, 7) is 11.7. The third-order valence-electron chi connectivity index (χ3n) is 3.88. The van der Waals surface area contributed by atoms with Gasteiger partial charge in [0.2, 0.25) is 0 Å². The Bertz CT molecular complexity index is 559. The van der Waals surface area contributed by atoms with Gasteiger partial charge in [-0.05, 0) is 52.3 Å². The second-order valence-corrected chi connectivity index (χ2v) is 5.29. The molecule has 2 unspecified atom stereocenters. The van der Waals surface area contributed by atoms with E-state index >= 15 is 0 Å². The molecule has 4 heteroatoms. The first kappa shape index (κ1) is 14.7. The molecule has 0 aliphatic carbocycles. The molecule has 0 saturated heterocycles. The molecule has 4 nitrogen and oxygen atoms in total. The van der Waals surface area contributed by atoms with Crippen molar-refractivity contribution >= 4 is 0 Å². The van der Waals surface area contributed by atoms with Crippen LogP contribution in [0.15, 0.2) is 24.5 Å². The lowest BCUT2D eigenvalue weighted by Gasteiger charge is -2.21. The largest absolute Gasteiger partial charge is 0.304 e. The fourth-order valence-corrected chi connectivity index (χ4v) is 2.85. The molecular weight excluding hydrogens is 248 g/mol. The van der Waals surface area contributed by atoms with E-state index in [1.807, 2.05) is 12.4 Å². The quantitative estimate of drug-likeness (QED) is 0.908. The molecule has 0 amide bonds. The van der Waals surface area contributed by atoms with E-state index in [2.05, 4.69) is 66.8 Å². The molecule has 0 aliphatic heterocycles. The summed E-state index contributed by atoms with van der Waals surface area (Å²) < 4.78 is 2.07. The van der Waals surface area contributed by atoms with E-state index in [9.17, 15) is 0 Å². The lowest BCUT2D eigenvalue weighted by Crippen LogP contribution is -2.23. The molecule has 0 aliphatic rings. The zero-order valence-corrected chi connectivity index (χ0v) is 13.0. The average Bonchev–Trinajstić information content (AvgIpc) is 2.74. The predicted molar refractivity (Wildman–Crippen MR) is 81.6 cm³/mol. The van der Waals surface area contributed by atoms with Crippen LogP contribution in [-0.4, -0.2) is 14.8 Å². The average molecular weight is 272 g/mol. The highest BCUT2D eigenvalue weighted by Gasteiger charge is 2.18. The number of aryl methyl sites for hydroxylation is 2. The SMILES string of the molecule is CCn1nc(C)c(C(C)NC(C)c2ccncc2)c1C. The summed E-state index contributed by atoms with van der Waals surface area (Å²) >= 11 is 0. The number of hydrogen-bond acceptors (Lipinski definition) is 3. The highest BCUT2D eigenvalue weighted by molar-refractivity contribution is 5.28. The normalized spacial score (nSPS) is 14.2. The molecular formula is C16H24N4. The summed E-state index contributed by atoms with van der Waals surface area (Å²) in [6, 6.07) is 4.68. The van der Waals surface area contributed by atoms with Gasteiger partial charge in [0.1, 0.15) is 0 Å². The van der Waals surface area contributed by atoms with Crippen LogP contribution in [0.3, 0.4) is 0 Å². The van der Waals surface area contributed by atoms with Gasteiger partial charge in [0.15, 0.2) is 0 Å². The van der Waals surface area contributed by atoms with Gasteiger partial charge in [-0.1, -0.05) is 0 Å². The van der Waals surface area contributed by atoms with Crippen molar-refractivity contribution < 1.29 is 0 Å². The Morgan fingerprint density at radius 2 is 1.80 bits per heavy atom. The Labute approximate surface area is 121 Å². The van der Waals surface area contributed by atoms with Crippen LogP contribution in [0.5, 0.6) is 0 Å². The van der Waals surface area contributed by atoms with Crippen molar-refractivity contribution in [1.29, 1.82) is 0 Å². The van der Waals surface area contributed by atoms with Crippen molar-refractivity contribution in [2.24, 2.45) is 0 Å². The van der Waals surface area contributed by atoms with Crippen molar-refractivity contribution in [2.45, 2.75) is 53.2 Å². The Kier molecular flexibility index (Phi) is 4.55. The Balaban J connectivity index is 2.16. The van der Waals surface area contributed by atoms with Gasteiger partial charge in [-0.3, -0.25) is 9.67 Å². The van der Waals surface area contributed by atoms with Crippen LogP contribution >= 0.6 is 0 Å². The van der Waals surface area contributed by atoms with Crippen molar-refractivity contribution in [3.8, 4) is 0 Å². The van der Waals surface area contributed by atoms with Crippen molar-refractivity contribution in [3.63, 3.8) is 0 Å². The first-order chi connectivity index (χ1) is 9.54. The number of pyridine rings is 1. The lowest BCUT2D eigenvalue weighted by atomic mass is 10.0. The third-order valence-corrected chi connectivity index (χ3v) is 3.88. The summed E-state index contributed by atoms with van der Waals surface area (Å²) in [5.74, 6) is 0. The van der Waals surface area contributed by atoms with Crippen molar-refractivity contribution in [1.82, 2.24) is 20.1 Å². The fraction of sp³-hybridized carbons (Fsp3) is 0.500. The summed E-state index contributed by atoms with van der Waals surface area (Å²) in [5, 5.41) is 8.25. The van der Waals surface area contributed by atoms with Gasteiger partial charge in [0.25, 0.3) is 0 Å². The molecule has 2 atom stereocenters. The van der Waals surface area contributed by atoms with Crippen LogP contribution in [0.25, 0.3) is 0 Å². The van der Waals surface area contributed by atoms with Gasteiger partial charge in [0.05, 0.1) is 5.69 Å². The maximum absolute atomic E-state index is 4.60. The fourth-order valence-electron chi connectivity index (χ4n) is 2.85. The maximum Gasteiger partial charge on any atom is 0.0644 e. The lowest BCUT2D eigenvalue weighted by molar-refractivity contribution is 0.490. The van der Waals surface area contributed by atoms with E-state index in [-0.39, 0.29) is 12.1 Å². The molecule has 2 heterocycles. The van der Waals surface area contributed by atoms with Gasteiger partial charge < -0.3 is 5.32 Å². The highest BCUT2D eigenvalue weighted by Crippen LogP contribution is 2.24. The van der Waals surface area contributed by atoms with Crippen molar-refractivity contribution in [3.05, 3.63) is 47.0 Å². The molecule has 2 rings (SSSR count). The van der Waals surface area contributed by atoms with E-state index in [0.29, 0.717) is 0 Å². The molecule has 1 N–H and O–H groups in total. The van der Waals surface area contributed by atoms with Crippen LogP contribution < -0.4 is 5.32 Å². The van der Waals surface area contributed by atoms with Gasteiger partial charge in [-0.15, -0.1) is 0 Å². The van der Waals surface area contributed by atoms with E-state index in [4.69, 9.17) is 0 Å². The highest BCUT2D eigenvalue weighted by atomic mass is 15.3. The molecule has 2 aromatic heterocycles. The van der Waals surface area contributed by atoms with Gasteiger partial charge in [-0.25, -0.2) is 0 Å². The maximum atomic E-state index is 4.60. The van der Waals surface area contributed by atoms with Gasteiger partial charge >= 0.3 is 0 Å². The van der Waals surface area contributed by atoms with Crippen LogP contribution in [0.4, 0.5) is 0 Å². The Morgan fingerprint density at radius 3 is 2.35 bits per heavy atom. The number of rotatable bonds is 5. The molecule has 0 aromatic carbocycles. The molecule has 0 saturated carbocycles. The number of nitrogens with zero attached hydrogens (tertiary/aromatic N) is 3. The smallest absolute Gasteiger partial charge is 0.0644 e. The van der Waals surface area contributed by atoms with E-state index < -0.39 is 0 Å². The van der Waals surface area contributed by atoms with Crippen LogP contribution in [0.1, 0.15) is 55.4 Å². The van der Waals surface area contributed by atoms with Gasteiger partial charge in [-0.2, -0.15) is 5.10 Å². The number of nitrogens with one attached hydrogen (secondary N) is 1. The standard InChI is InChI=1S/C16H24N4/c1-6-20-14(5)16(13(4)19-20)12(3)18-11(2)15-7-9-17-10-8-15/h7-12,18H,6H2,1-5H3. The monoisotopic (exact) mass is 272 g/mol. The molecule has 20 heavy (non-hydrogen) atoms. The van der Waals surface area contributed by atoms with Crippen molar-refractivity contribution in [2.75, 3.05) is 0 Å². The first-order valence-electron chi connectivity index (χ1n) is 7.24. The second kappa shape index (κ2) is 6.18. The van der Waals surface area contributed by atoms with E-state index in [1.54, 1.807) is 0 Å². The molecule has 0 fully saturated rings. The first-order valence-corrected chi connectivity index (χ1v) is 7.24. The van der Waals surface area contributed by atoms with Crippen LogP contribution in [-0.2, 0) is 6.54 Å². The Hall–Kier alpha value is -1.68. The minimum absolute atomic E-state index is 0.276. The topological polar surface area (TPSA) is 42.7 Å². The zero-order valence-electron chi connectivity index (χ0n) is 13.0. The molecule has 0 radical (unpaired) electrons. The second-order valence-electron chi connectivity index (χ2n) is 5.29. The molecule has 0 spiro atoms. The molecule has 108 valence electrons. The summed E-state index contributed by atoms with van der Waals surface area (Å²) in [7, 11) is 0. The van der Waals surface area contributed by atoms with Crippen LogP contribution in [0, 0.1) is 13.8 Å². The summed E-state index contributed by atoms with van der Waals surface area (Å²) in [4.78, 5) is 4.07. The molecule has 2 aromatic rings. The zero-order chi connectivity index (χ0) is 14.7. The summed E-state index contributed by atoms with van der Waals surface area (Å²) in [6.07, 6.45) is 3.67. The van der Waals surface area contributed by atoms with Gasteiger partial charge in [0, 0.05) is 42.3 Å². The predicted octanol–water partition coefficient (Wildman–Crippen LogP) is 3.33. The number of hydrogen-bond donors (Lipinski definition) is 1.